The molecule has 0 saturated carbocycles. The van der Waals surface area contributed by atoms with Crippen LogP contribution >= 0.6 is 30.6 Å². The topological polar surface area (TPSA) is 140 Å². The van der Waals surface area contributed by atoms with Crippen LogP contribution in [0.15, 0.2) is 126 Å². The Kier molecular flexibility index (Phi) is 17.5. The van der Waals surface area contributed by atoms with Gasteiger partial charge in [-0.1, -0.05) is 129 Å². The van der Waals surface area contributed by atoms with E-state index in [0.29, 0.717) is 28.6 Å². The number of thioether (sulfide) groups is 1. The summed E-state index contributed by atoms with van der Waals surface area (Å²) in [5.74, 6) is 2.45. The molecule has 17 heteroatoms. The molecule has 2 saturated heterocycles. The highest BCUT2D eigenvalue weighted by Gasteiger charge is 2.54. The van der Waals surface area contributed by atoms with Crippen LogP contribution in [0.2, 0.25) is 18.1 Å². The third kappa shape index (κ3) is 12.1. The van der Waals surface area contributed by atoms with E-state index in [0.717, 1.165) is 42.6 Å². The Morgan fingerprint density at radius 3 is 1.93 bits per heavy atom. The van der Waals surface area contributed by atoms with Gasteiger partial charge >= 0.3 is 5.69 Å². The molecule has 2 aliphatic rings. The lowest BCUT2D eigenvalue weighted by molar-refractivity contribution is -0.114. The van der Waals surface area contributed by atoms with Crippen molar-refractivity contribution in [2.24, 2.45) is 0 Å². The number of hydrogen-bond donors (Lipinski definition) is 1. The number of methoxy groups -OCH3 is 2. The molecule has 3 heterocycles. The first kappa shape index (κ1) is 51.5. The molecule has 2 fully saturated rings. The Morgan fingerprint density at radius 2 is 1.38 bits per heavy atom. The predicted octanol–water partition coefficient (Wildman–Crippen LogP) is 10.5. The van der Waals surface area contributed by atoms with Crippen molar-refractivity contribution in [3.63, 3.8) is 0 Å². The summed E-state index contributed by atoms with van der Waals surface area (Å²) in [5.41, 5.74) is 1.45. The number of carbonyl (C=O) groups is 2. The highest BCUT2D eigenvalue weighted by molar-refractivity contribution is 8.53. The van der Waals surface area contributed by atoms with Gasteiger partial charge in [0.15, 0.2) is 22.0 Å². The van der Waals surface area contributed by atoms with Gasteiger partial charge in [-0.3, -0.25) is 18.8 Å². The van der Waals surface area contributed by atoms with Crippen molar-refractivity contribution < 1.29 is 37.5 Å². The number of ether oxygens (including phenoxy) is 4. The van der Waals surface area contributed by atoms with E-state index >= 15 is 0 Å². The number of benzene rings is 4. The van der Waals surface area contributed by atoms with Gasteiger partial charge in [-0.2, -0.15) is 4.98 Å². The summed E-state index contributed by atoms with van der Waals surface area (Å²) in [5, 5.41) is 2.44. The molecule has 0 radical (unpaired) electrons. The van der Waals surface area contributed by atoms with Gasteiger partial charge in [-0.15, -0.1) is 0 Å². The fourth-order valence-electron chi connectivity index (χ4n) is 8.03. The van der Waals surface area contributed by atoms with Crippen molar-refractivity contribution in [1.29, 1.82) is 0 Å². The van der Waals surface area contributed by atoms with Crippen molar-refractivity contribution in [3.8, 4) is 11.5 Å². The summed E-state index contributed by atoms with van der Waals surface area (Å²) < 4.78 is 44.6. The number of amides is 1. The number of rotatable bonds is 20. The quantitative estimate of drug-likeness (QED) is 0.0343. The van der Waals surface area contributed by atoms with Gasteiger partial charge in [0.1, 0.15) is 41.2 Å². The van der Waals surface area contributed by atoms with E-state index in [1.54, 1.807) is 37.9 Å². The van der Waals surface area contributed by atoms with E-state index in [1.807, 2.05) is 97.1 Å². The molecule has 1 N–H and O–H groups in total. The molecule has 1 aromatic heterocycles. The van der Waals surface area contributed by atoms with Crippen molar-refractivity contribution in [2.45, 2.75) is 88.8 Å². The number of aromatic nitrogens is 2. The Hall–Kier alpha value is -4.35. The van der Waals surface area contributed by atoms with E-state index in [9.17, 15) is 14.4 Å². The molecule has 362 valence electrons. The highest BCUT2D eigenvalue weighted by Crippen LogP contribution is 2.59. The molecule has 0 aliphatic carbocycles. The Balaban J connectivity index is 1.32. The first-order valence-electron chi connectivity index (χ1n) is 22.9. The van der Waals surface area contributed by atoms with E-state index in [2.05, 4.69) is 61.0 Å². The van der Waals surface area contributed by atoms with Gasteiger partial charge in [0.05, 0.1) is 20.8 Å². The average Bonchev–Trinajstić information content (AvgIpc) is 3.99. The molecule has 5 aromatic rings. The van der Waals surface area contributed by atoms with Gasteiger partial charge < -0.3 is 33.2 Å². The van der Waals surface area contributed by atoms with Gasteiger partial charge in [-0.25, -0.2) is 4.79 Å². The van der Waals surface area contributed by atoms with Gasteiger partial charge in [0.2, 0.25) is 11.0 Å². The SMILES string of the molecule is COc1ccc(C(OCC2OC(n3ccc(NC(C)=O)nc3=O)C(O[Si](C)(C)C(C)(C)C)C2OP(SCCSC(=O)c2ccccc2)N2CCCC2)(c2ccccc2)c2ccc(OC)cc2)cc1. The fraction of sp³-hybridized carbons (Fsp3) is 0.412. The summed E-state index contributed by atoms with van der Waals surface area (Å²) in [6.45, 7) is 14.0. The van der Waals surface area contributed by atoms with E-state index in [4.69, 9.17) is 27.9 Å². The van der Waals surface area contributed by atoms with E-state index in [1.165, 1.54) is 23.3 Å². The van der Waals surface area contributed by atoms with Crippen LogP contribution in [-0.4, -0.2) is 97.3 Å². The lowest BCUT2D eigenvalue weighted by Crippen LogP contribution is -2.50. The number of nitrogens with zero attached hydrogens (tertiary/aromatic N) is 3. The van der Waals surface area contributed by atoms with Crippen LogP contribution in [0.25, 0.3) is 0 Å². The number of nitrogens with one attached hydrogen (secondary N) is 1. The molecule has 13 nitrogen and oxygen atoms in total. The second-order valence-corrected chi connectivity index (χ2v) is 27.7. The Morgan fingerprint density at radius 1 is 0.809 bits per heavy atom. The lowest BCUT2D eigenvalue weighted by atomic mass is 9.80. The van der Waals surface area contributed by atoms with Crippen LogP contribution in [0, 0.1) is 0 Å². The summed E-state index contributed by atoms with van der Waals surface area (Å²) in [6, 6.07) is 36.7. The monoisotopic (exact) mass is 998 g/mol. The molecule has 2 aliphatic heterocycles. The van der Waals surface area contributed by atoms with Crippen LogP contribution in [-0.2, 0) is 28.8 Å². The van der Waals surface area contributed by atoms with Crippen molar-refractivity contribution in [3.05, 3.63) is 154 Å². The number of carbonyl (C=O) groups excluding carboxylic acids is 2. The maximum absolute atomic E-state index is 14.1. The third-order valence-electron chi connectivity index (χ3n) is 12.6. The fourth-order valence-corrected chi connectivity index (χ4v) is 14.6. The predicted molar refractivity (Wildman–Crippen MR) is 275 cm³/mol. The standard InChI is InChI=1S/C51H63N4O9PS2Si/c1-36(56)52-44-29-32-55(49(58)53-44)47-46(64-68(7,8)50(2,3)4)45(63-65(54-30-15-16-31-54)67-34-33-66-48(57)37-17-11-9-12-18-37)43(62-47)35-61-51(38-19-13-10-14-20-38,39-21-25-41(59-5)26-22-39)40-23-27-42(60-6)28-24-40/h9-14,17-29,32,43,45-47H,15-16,30-31,33-35H2,1-8H3,(H,52,53,56,58). The largest absolute Gasteiger partial charge is 0.497 e. The zero-order chi connectivity index (χ0) is 48.5. The van der Waals surface area contributed by atoms with E-state index < -0.39 is 51.6 Å². The van der Waals surface area contributed by atoms with Gasteiger partial charge in [0, 0.05) is 43.3 Å². The molecule has 1 amide bonds. The van der Waals surface area contributed by atoms with Gasteiger partial charge in [0.25, 0.3) is 0 Å². The first-order valence-corrected chi connectivity index (χ1v) is 29.6. The summed E-state index contributed by atoms with van der Waals surface area (Å²) in [4.78, 5) is 43.5. The molecule has 0 spiro atoms. The zero-order valence-electron chi connectivity index (χ0n) is 40.1. The summed E-state index contributed by atoms with van der Waals surface area (Å²) >= 11 is 3.02. The number of hydrogen-bond acceptors (Lipinski definition) is 13. The molecule has 7 rings (SSSR count). The lowest BCUT2D eigenvalue weighted by Gasteiger charge is -2.41. The molecule has 68 heavy (non-hydrogen) atoms. The van der Waals surface area contributed by atoms with E-state index in [-0.39, 0.29) is 28.5 Å². The maximum atomic E-state index is 14.1. The molecule has 0 bridgehead atoms. The van der Waals surface area contributed by atoms with Crippen LogP contribution in [0.3, 0.4) is 0 Å². The molecule has 5 unspecified atom stereocenters. The molecule has 5 atom stereocenters. The third-order valence-corrected chi connectivity index (χ3v) is 22.3. The Labute approximate surface area is 410 Å². The normalized spacial score (nSPS) is 19.4. The number of anilines is 1. The van der Waals surface area contributed by atoms with Crippen molar-refractivity contribution >= 4 is 55.8 Å². The highest BCUT2D eigenvalue weighted by atomic mass is 32.7. The second-order valence-electron chi connectivity index (χ2n) is 18.2. The minimum Gasteiger partial charge on any atom is -0.497 e. The minimum atomic E-state index is -2.63. The van der Waals surface area contributed by atoms with Crippen LogP contribution in [0.5, 0.6) is 11.5 Å². The maximum Gasteiger partial charge on any atom is 0.351 e. The molecular formula is C51H63N4O9PS2Si. The minimum absolute atomic E-state index is 0.00685. The van der Waals surface area contributed by atoms with Crippen LogP contribution < -0.4 is 20.5 Å². The van der Waals surface area contributed by atoms with Crippen LogP contribution in [0.1, 0.15) is 73.8 Å². The van der Waals surface area contributed by atoms with Crippen LogP contribution in [0.4, 0.5) is 5.82 Å². The molecule has 4 aromatic carbocycles. The average molecular weight is 999 g/mol. The second kappa shape index (κ2) is 23.0. The van der Waals surface area contributed by atoms with Crippen molar-refractivity contribution in [1.82, 2.24) is 14.2 Å². The zero-order valence-corrected chi connectivity index (χ0v) is 43.6. The Bertz CT molecular complexity index is 2450. The first-order chi connectivity index (χ1) is 32.6. The summed E-state index contributed by atoms with van der Waals surface area (Å²) in [7, 11) is -0.676. The summed E-state index contributed by atoms with van der Waals surface area (Å²) in [6.07, 6.45) is 0.375. The van der Waals surface area contributed by atoms with Gasteiger partial charge in [-0.05, 0) is 78.0 Å². The smallest absolute Gasteiger partial charge is 0.351 e. The van der Waals surface area contributed by atoms with Crippen molar-refractivity contribution in [2.75, 3.05) is 50.7 Å². The molecular weight excluding hydrogens is 936 g/mol.